The number of nitrogens with zero attached hydrogens (tertiary/aromatic N) is 2. The zero-order chi connectivity index (χ0) is 14.2. The average molecular weight is 275 g/mol. The molecule has 1 atom stereocenters. The third-order valence-electron chi connectivity index (χ3n) is 3.10. The summed E-state index contributed by atoms with van der Waals surface area (Å²) < 4.78 is 9.98. The number of rotatable bonds is 8. The molecule has 5 heteroatoms. The van der Waals surface area contributed by atoms with Crippen LogP contribution < -0.4 is 5.32 Å². The van der Waals surface area contributed by atoms with Crippen LogP contribution in [0.2, 0.25) is 0 Å². The molecule has 2 aromatic rings. The van der Waals surface area contributed by atoms with Gasteiger partial charge in [-0.25, -0.2) is 0 Å². The van der Waals surface area contributed by atoms with Crippen molar-refractivity contribution in [2.45, 2.75) is 39.0 Å². The van der Waals surface area contributed by atoms with Crippen molar-refractivity contribution in [1.82, 2.24) is 15.5 Å². The largest absolute Gasteiger partial charge is 0.375 e. The fraction of sp³-hybridized carbons (Fsp3) is 0.467. The van der Waals surface area contributed by atoms with Crippen LogP contribution in [0.25, 0.3) is 0 Å². The van der Waals surface area contributed by atoms with E-state index in [9.17, 15) is 0 Å². The van der Waals surface area contributed by atoms with Crippen LogP contribution in [0.4, 0.5) is 0 Å². The second kappa shape index (κ2) is 7.77. The van der Waals surface area contributed by atoms with Crippen LogP contribution in [0.5, 0.6) is 0 Å². The normalized spacial score (nSPS) is 12.5. The third kappa shape index (κ3) is 4.75. The summed E-state index contributed by atoms with van der Waals surface area (Å²) in [5, 5.41) is 7.30. The standard InChI is InChI=1S/C15H21N3O2/c1-12(8-9-13-6-4-3-5-7-13)16-10-14-17-15(11-19-2)20-18-14/h3-7,12,16H,8-11H2,1-2H3/t12-/m0/s1. The van der Waals surface area contributed by atoms with Gasteiger partial charge in [-0.1, -0.05) is 35.5 Å². The minimum Gasteiger partial charge on any atom is -0.375 e. The van der Waals surface area contributed by atoms with Crippen molar-refractivity contribution in [3.8, 4) is 0 Å². The molecule has 0 fully saturated rings. The van der Waals surface area contributed by atoms with Gasteiger partial charge in [0.05, 0.1) is 6.54 Å². The highest BCUT2D eigenvalue weighted by molar-refractivity contribution is 5.14. The Morgan fingerprint density at radius 3 is 2.85 bits per heavy atom. The minimum atomic E-state index is 0.358. The van der Waals surface area contributed by atoms with Crippen molar-refractivity contribution in [2.24, 2.45) is 0 Å². The highest BCUT2D eigenvalue weighted by Crippen LogP contribution is 2.05. The molecule has 0 amide bonds. The van der Waals surface area contributed by atoms with Crippen molar-refractivity contribution in [2.75, 3.05) is 7.11 Å². The lowest BCUT2D eigenvalue weighted by Gasteiger charge is -2.12. The van der Waals surface area contributed by atoms with E-state index in [-0.39, 0.29) is 0 Å². The molecule has 1 aromatic carbocycles. The number of ether oxygens (including phenoxy) is 1. The Morgan fingerprint density at radius 1 is 1.30 bits per heavy atom. The monoisotopic (exact) mass is 275 g/mol. The number of methoxy groups -OCH3 is 1. The quantitative estimate of drug-likeness (QED) is 0.801. The average Bonchev–Trinajstić information content (AvgIpc) is 2.92. The summed E-state index contributed by atoms with van der Waals surface area (Å²) in [4.78, 5) is 4.22. The molecule has 0 bridgehead atoms. The van der Waals surface area contributed by atoms with Crippen molar-refractivity contribution in [1.29, 1.82) is 0 Å². The van der Waals surface area contributed by atoms with Crippen LogP contribution in [0.1, 0.15) is 30.6 Å². The number of hydrogen-bond donors (Lipinski definition) is 1. The Bertz CT molecular complexity index is 499. The fourth-order valence-corrected chi connectivity index (χ4v) is 1.94. The number of nitrogens with one attached hydrogen (secondary N) is 1. The molecule has 0 aliphatic rings. The number of aromatic nitrogens is 2. The molecule has 20 heavy (non-hydrogen) atoms. The molecule has 1 N–H and O–H groups in total. The smallest absolute Gasteiger partial charge is 0.252 e. The number of hydrogen-bond acceptors (Lipinski definition) is 5. The Hall–Kier alpha value is -1.72. The van der Waals surface area contributed by atoms with Crippen molar-refractivity contribution in [3.63, 3.8) is 0 Å². The first kappa shape index (κ1) is 14.7. The Labute approximate surface area is 119 Å². The second-order valence-corrected chi connectivity index (χ2v) is 4.84. The maximum Gasteiger partial charge on any atom is 0.252 e. The van der Waals surface area contributed by atoms with E-state index in [0.29, 0.717) is 30.9 Å². The summed E-state index contributed by atoms with van der Waals surface area (Å²) >= 11 is 0. The summed E-state index contributed by atoms with van der Waals surface area (Å²) in [5.74, 6) is 1.19. The van der Waals surface area contributed by atoms with Crippen LogP contribution in [0.15, 0.2) is 34.9 Å². The highest BCUT2D eigenvalue weighted by Gasteiger charge is 2.07. The fourth-order valence-electron chi connectivity index (χ4n) is 1.94. The van der Waals surface area contributed by atoms with Gasteiger partial charge in [-0.05, 0) is 25.3 Å². The summed E-state index contributed by atoms with van der Waals surface area (Å²) in [6, 6.07) is 10.9. The molecule has 0 radical (unpaired) electrons. The lowest BCUT2D eigenvalue weighted by Crippen LogP contribution is -2.26. The van der Waals surface area contributed by atoms with E-state index in [1.807, 2.05) is 6.07 Å². The van der Waals surface area contributed by atoms with Crippen LogP contribution in [0, 0.1) is 0 Å². The minimum absolute atomic E-state index is 0.358. The van der Waals surface area contributed by atoms with Crippen LogP contribution in [-0.4, -0.2) is 23.3 Å². The zero-order valence-corrected chi connectivity index (χ0v) is 12.0. The van der Waals surface area contributed by atoms with Crippen LogP contribution >= 0.6 is 0 Å². The topological polar surface area (TPSA) is 60.2 Å². The van der Waals surface area contributed by atoms with Crippen molar-refractivity contribution in [3.05, 3.63) is 47.6 Å². The molecule has 0 spiro atoms. The van der Waals surface area contributed by atoms with E-state index in [2.05, 4.69) is 46.6 Å². The maximum atomic E-state index is 5.04. The molecule has 0 aliphatic carbocycles. The van der Waals surface area contributed by atoms with Crippen LogP contribution in [-0.2, 0) is 24.3 Å². The predicted molar refractivity (Wildman–Crippen MR) is 76.1 cm³/mol. The highest BCUT2D eigenvalue weighted by atomic mass is 16.5. The van der Waals surface area contributed by atoms with E-state index < -0.39 is 0 Å². The van der Waals surface area contributed by atoms with Gasteiger partial charge in [-0.15, -0.1) is 0 Å². The van der Waals surface area contributed by atoms with Gasteiger partial charge < -0.3 is 14.6 Å². The molecular formula is C15H21N3O2. The third-order valence-corrected chi connectivity index (χ3v) is 3.10. The molecule has 1 aromatic heterocycles. The molecule has 0 saturated carbocycles. The van der Waals surface area contributed by atoms with Gasteiger partial charge in [-0.3, -0.25) is 0 Å². The van der Waals surface area contributed by atoms with Crippen molar-refractivity contribution >= 4 is 0 Å². The lowest BCUT2D eigenvalue weighted by molar-refractivity contribution is 0.151. The van der Waals surface area contributed by atoms with Gasteiger partial charge in [-0.2, -0.15) is 4.98 Å². The van der Waals surface area contributed by atoms with Gasteiger partial charge in [0, 0.05) is 13.2 Å². The first-order valence-electron chi connectivity index (χ1n) is 6.85. The first-order valence-corrected chi connectivity index (χ1v) is 6.85. The van der Waals surface area contributed by atoms with Gasteiger partial charge in [0.25, 0.3) is 5.89 Å². The number of aryl methyl sites for hydroxylation is 1. The number of benzene rings is 1. The molecule has 5 nitrogen and oxygen atoms in total. The summed E-state index contributed by atoms with van der Waals surface area (Å²) in [7, 11) is 1.60. The Balaban J connectivity index is 1.70. The predicted octanol–water partition coefficient (Wildman–Crippen LogP) is 2.33. The van der Waals surface area contributed by atoms with E-state index >= 15 is 0 Å². The summed E-state index contributed by atoms with van der Waals surface area (Å²) in [6.45, 7) is 3.14. The molecule has 108 valence electrons. The Morgan fingerprint density at radius 2 is 2.10 bits per heavy atom. The molecule has 0 saturated heterocycles. The lowest BCUT2D eigenvalue weighted by atomic mass is 10.1. The maximum absolute atomic E-state index is 5.04. The van der Waals surface area contributed by atoms with Crippen LogP contribution in [0.3, 0.4) is 0 Å². The van der Waals surface area contributed by atoms with E-state index in [4.69, 9.17) is 9.26 Å². The molecule has 0 aliphatic heterocycles. The second-order valence-electron chi connectivity index (χ2n) is 4.84. The van der Waals surface area contributed by atoms with Crippen molar-refractivity contribution < 1.29 is 9.26 Å². The van der Waals surface area contributed by atoms with E-state index in [1.54, 1.807) is 7.11 Å². The van der Waals surface area contributed by atoms with Gasteiger partial charge in [0.1, 0.15) is 6.61 Å². The van der Waals surface area contributed by atoms with E-state index in [0.717, 1.165) is 12.8 Å². The SMILES string of the molecule is COCc1nc(CN[C@@H](C)CCc2ccccc2)no1. The van der Waals surface area contributed by atoms with Gasteiger partial charge in [0.15, 0.2) is 5.82 Å². The van der Waals surface area contributed by atoms with Gasteiger partial charge >= 0.3 is 0 Å². The molecular weight excluding hydrogens is 254 g/mol. The Kier molecular flexibility index (Phi) is 5.70. The zero-order valence-electron chi connectivity index (χ0n) is 12.0. The molecule has 1 heterocycles. The first-order chi connectivity index (χ1) is 9.78. The van der Waals surface area contributed by atoms with E-state index in [1.165, 1.54) is 5.56 Å². The summed E-state index contributed by atoms with van der Waals surface area (Å²) in [5.41, 5.74) is 1.36. The summed E-state index contributed by atoms with van der Waals surface area (Å²) in [6.07, 6.45) is 2.14. The van der Waals surface area contributed by atoms with Gasteiger partial charge in [0.2, 0.25) is 0 Å². The molecule has 2 rings (SSSR count). The molecule has 0 unspecified atom stereocenters.